The topological polar surface area (TPSA) is 135 Å². The first kappa shape index (κ1) is 41.5. The molecule has 0 unspecified atom stereocenters. The molecule has 0 aliphatic rings. The largest absolute Gasteiger partial charge is 0.478 e. The Balaban J connectivity index is -0.000000452. The lowest BCUT2D eigenvalue weighted by atomic mass is 10.1. The smallest absolute Gasteiger partial charge is 0.336 e. The Kier molecular flexibility index (Phi) is 38.4. The van der Waals surface area contributed by atoms with Gasteiger partial charge in [0, 0.05) is 19.8 Å². The monoisotopic (exact) mass is 556 g/mol. The van der Waals surface area contributed by atoms with Crippen molar-refractivity contribution in [2.45, 2.75) is 136 Å². The lowest BCUT2D eigenvalue weighted by molar-refractivity contribution is 0.0651. The van der Waals surface area contributed by atoms with Crippen LogP contribution in [0.15, 0.2) is 24.3 Å². The summed E-state index contributed by atoms with van der Waals surface area (Å²) in [4.78, 5) is 20.9. The van der Waals surface area contributed by atoms with Crippen molar-refractivity contribution in [3.8, 4) is 0 Å². The molecule has 7 heteroatoms. The number of hydrogen-bond donors (Lipinski definition) is 5. The van der Waals surface area contributed by atoms with Gasteiger partial charge < -0.3 is 25.5 Å². The third-order valence-electron chi connectivity index (χ3n) is 5.92. The van der Waals surface area contributed by atoms with Crippen molar-refractivity contribution in [1.29, 1.82) is 0 Å². The van der Waals surface area contributed by atoms with E-state index in [2.05, 4.69) is 20.8 Å². The molecule has 5 N–H and O–H groups in total. The number of hydrogen-bond acceptors (Lipinski definition) is 5. The van der Waals surface area contributed by atoms with E-state index in [1.165, 1.54) is 121 Å². The second-order valence-corrected chi connectivity index (χ2v) is 9.63. The maximum atomic E-state index is 10.5. The van der Waals surface area contributed by atoms with Gasteiger partial charge in [-0.25, -0.2) is 9.59 Å². The Morgan fingerprint density at radius 1 is 0.462 bits per heavy atom. The molecule has 0 heterocycles. The van der Waals surface area contributed by atoms with E-state index >= 15 is 0 Å². The summed E-state index contributed by atoms with van der Waals surface area (Å²) < 4.78 is 0. The molecule has 0 amide bonds. The Bertz CT molecular complexity index is 584. The summed E-state index contributed by atoms with van der Waals surface area (Å²) in [5.74, 6) is -2.46. The van der Waals surface area contributed by atoms with Crippen molar-refractivity contribution in [2.75, 3.05) is 19.8 Å². The minimum atomic E-state index is -1.23. The van der Waals surface area contributed by atoms with Crippen molar-refractivity contribution < 1.29 is 35.1 Å². The van der Waals surface area contributed by atoms with Crippen LogP contribution < -0.4 is 0 Å². The van der Waals surface area contributed by atoms with E-state index < -0.39 is 11.9 Å². The Morgan fingerprint density at radius 2 is 0.692 bits per heavy atom. The zero-order valence-corrected chi connectivity index (χ0v) is 25.2. The normalized spacial score (nSPS) is 9.79. The zero-order chi connectivity index (χ0) is 30.0. The van der Waals surface area contributed by atoms with Crippen LogP contribution >= 0.6 is 0 Å². The molecule has 1 aromatic rings. The van der Waals surface area contributed by atoms with E-state index in [0.717, 1.165) is 19.3 Å². The average Bonchev–Trinajstić information content (AvgIpc) is 2.94. The van der Waals surface area contributed by atoms with E-state index in [4.69, 9.17) is 25.5 Å². The molecule has 1 aromatic carbocycles. The molecule has 230 valence electrons. The quantitative estimate of drug-likeness (QED) is 0.102. The summed E-state index contributed by atoms with van der Waals surface area (Å²) >= 11 is 0. The average molecular weight is 557 g/mol. The second-order valence-electron chi connectivity index (χ2n) is 9.63. The number of carbonyl (C=O) groups is 2. The van der Waals surface area contributed by atoms with Gasteiger partial charge >= 0.3 is 11.9 Å². The molecule has 0 spiro atoms. The zero-order valence-electron chi connectivity index (χ0n) is 25.2. The van der Waals surface area contributed by atoms with E-state index in [9.17, 15) is 9.59 Å². The number of carboxylic acid groups (broad SMARTS) is 2. The fourth-order valence-electron chi connectivity index (χ4n) is 3.53. The van der Waals surface area contributed by atoms with E-state index in [1.807, 2.05) is 0 Å². The fraction of sp³-hybridized carbons (Fsp3) is 0.750. The first-order chi connectivity index (χ1) is 18.9. The molecular weight excluding hydrogens is 496 g/mol. The third kappa shape index (κ3) is 34.0. The number of aliphatic hydroxyl groups excluding tert-OH is 3. The molecule has 0 bridgehead atoms. The summed E-state index contributed by atoms with van der Waals surface area (Å²) in [5, 5.41) is 42.3. The highest BCUT2D eigenvalue weighted by Gasteiger charge is 2.13. The fourth-order valence-corrected chi connectivity index (χ4v) is 3.53. The number of unbranched alkanes of at least 4 members (excludes halogenated alkanes) is 15. The first-order valence-electron chi connectivity index (χ1n) is 15.3. The standard InChI is InChI=1S/C10H22O.C8H6O4.C8H18O.C6H14O/c1-2-3-4-5-6-7-8-9-10-11;9-7(10)5-3-1-2-4-6(5)8(11)12;1-2-3-4-5-6-7-8-9;1-2-3-4-5-6-7/h11H,2-10H2,1H3;1-4H,(H,9,10)(H,11,12);9H,2-8H2,1H3;7H,2-6H2,1H3. The molecule has 0 aliphatic carbocycles. The molecule has 1 rings (SSSR count). The maximum Gasteiger partial charge on any atom is 0.336 e. The number of carboxylic acids is 2. The van der Waals surface area contributed by atoms with Crippen molar-refractivity contribution >= 4 is 11.9 Å². The van der Waals surface area contributed by atoms with Gasteiger partial charge in [-0.15, -0.1) is 0 Å². The van der Waals surface area contributed by atoms with E-state index in [-0.39, 0.29) is 11.1 Å². The molecular formula is C32H60O7. The highest BCUT2D eigenvalue weighted by molar-refractivity contribution is 6.01. The van der Waals surface area contributed by atoms with Gasteiger partial charge in [0.15, 0.2) is 0 Å². The summed E-state index contributed by atoms with van der Waals surface area (Å²) in [6, 6.07) is 5.48. The minimum absolute atomic E-state index is 0.190. The van der Waals surface area contributed by atoms with Crippen molar-refractivity contribution in [3.05, 3.63) is 35.4 Å². The van der Waals surface area contributed by atoms with Crippen LogP contribution in [0.25, 0.3) is 0 Å². The van der Waals surface area contributed by atoms with Crippen LogP contribution in [-0.4, -0.2) is 57.3 Å². The Labute approximate surface area is 238 Å². The SMILES string of the molecule is CCCCCCCCCCO.CCCCCCCCO.CCCCCCO.O=C(O)c1ccccc1C(=O)O. The van der Waals surface area contributed by atoms with Crippen LogP contribution in [-0.2, 0) is 0 Å². The van der Waals surface area contributed by atoms with E-state index in [0.29, 0.717) is 19.8 Å². The molecule has 0 aromatic heterocycles. The highest BCUT2D eigenvalue weighted by Crippen LogP contribution is 2.09. The van der Waals surface area contributed by atoms with Crippen LogP contribution in [0.4, 0.5) is 0 Å². The van der Waals surface area contributed by atoms with Crippen LogP contribution in [0.3, 0.4) is 0 Å². The molecule has 0 aliphatic heterocycles. The molecule has 0 atom stereocenters. The number of aliphatic hydroxyl groups is 3. The number of aromatic carboxylic acids is 2. The summed E-state index contributed by atoms with van der Waals surface area (Å²) in [6.45, 7) is 7.72. The van der Waals surface area contributed by atoms with Crippen LogP contribution in [0.5, 0.6) is 0 Å². The van der Waals surface area contributed by atoms with Crippen molar-refractivity contribution in [2.24, 2.45) is 0 Å². The molecule has 0 radical (unpaired) electrons. The molecule has 0 fully saturated rings. The summed E-state index contributed by atoms with van der Waals surface area (Å²) in [7, 11) is 0. The van der Waals surface area contributed by atoms with Gasteiger partial charge in [0.1, 0.15) is 0 Å². The summed E-state index contributed by atoms with van der Waals surface area (Å²) in [5.41, 5.74) is -0.380. The van der Waals surface area contributed by atoms with Crippen molar-refractivity contribution in [1.82, 2.24) is 0 Å². The van der Waals surface area contributed by atoms with Gasteiger partial charge in [0.05, 0.1) is 11.1 Å². The minimum Gasteiger partial charge on any atom is -0.478 e. The third-order valence-corrected chi connectivity index (χ3v) is 5.92. The molecule has 7 nitrogen and oxygen atoms in total. The van der Waals surface area contributed by atoms with Gasteiger partial charge in [0.2, 0.25) is 0 Å². The first-order valence-corrected chi connectivity index (χ1v) is 15.3. The van der Waals surface area contributed by atoms with Crippen LogP contribution in [0, 0.1) is 0 Å². The predicted molar refractivity (Wildman–Crippen MR) is 162 cm³/mol. The molecule has 0 saturated heterocycles. The van der Waals surface area contributed by atoms with Crippen molar-refractivity contribution in [3.63, 3.8) is 0 Å². The van der Waals surface area contributed by atoms with E-state index in [1.54, 1.807) is 0 Å². The number of rotatable bonds is 20. The lowest BCUT2D eigenvalue weighted by Crippen LogP contribution is -2.06. The molecule has 39 heavy (non-hydrogen) atoms. The van der Waals surface area contributed by atoms with Gasteiger partial charge in [-0.1, -0.05) is 129 Å². The summed E-state index contributed by atoms with van der Waals surface area (Å²) in [6.07, 6.45) is 22.6. The Morgan fingerprint density at radius 3 is 0.923 bits per heavy atom. The Hall–Kier alpha value is -1.96. The van der Waals surface area contributed by atoms with Gasteiger partial charge in [-0.05, 0) is 31.4 Å². The highest BCUT2D eigenvalue weighted by atomic mass is 16.4. The predicted octanol–water partition coefficient (Wildman–Crippen LogP) is 8.10. The lowest BCUT2D eigenvalue weighted by Gasteiger charge is -1.98. The van der Waals surface area contributed by atoms with Crippen LogP contribution in [0.2, 0.25) is 0 Å². The second kappa shape index (κ2) is 36.0. The van der Waals surface area contributed by atoms with Gasteiger partial charge in [0.25, 0.3) is 0 Å². The maximum absolute atomic E-state index is 10.5. The van der Waals surface area contributed by atoms with Gasteiger partial charge in [-0.3, -0.25) is 0 Å². The van der Waals surface area contributed by atoms with Crippen LogP contribution in [0.1, 0.15) is 157 Å². The number of benzene rings is 1. The van der Waals surface area contributed by atoms with Gasteiger partial charge in [-0.2, -0.15) is 0 Å². The molecule has 0 saturated carbocycles.